The zero-order valence-corrected chi connectivity index (χ0v) is 18.5. The number of carbonyl (C=O) groups is 2. The van der Waals surface area contributed by atoms with Gasteiger partial charge in [0.1, 0.15) is 11.2 Å². The number of hydrogen-bond acceptors (Lipinski definition) is 6. The molecule has 190 valence electrons. The van der Waals surface area contributed by atoms with Gasteiger partial charge in [0.15, 0.2) is 0 Å². The van der Waals surface area contributed by atoms with E-state index in [1.165, 1.54) is 11.0 Å². The molecule has 3 heterocycles. The Hall–Kier alpha value is -3.16. The monoisotopic (exact) mass is 506 g/mol. The lowest BCUT2D eigenvalue weighted by atomic mass is 9.90. The van der Waals surface area contributed by atoms with Gasteiger partial charge in [0.25, 0.3) is 11.8 Å². The maximum Gasteiger partial charge on any atom is 0.402 e. The average Bonchev–Trinajstić information content (AvgIpc) is 3.39. The number of ether oxygens (including phenoxy) is 1. The van der Waals surface area contributed by atoms with Crippen molar-refractivity contribution < 1.29 is 45.1 Å². The number of halogens is 6. The van der Waals surface area contributed by atoms with Crippen molar-refractivity contribution in [1.29, 1.82) is 0 Å². The van der Waals surface area contributed by atoms with Crippen LogP contribution in [0.5, 0.6) is 0 Å². The lowest BCUT2D eigenvalue weighted by Gasteiger charge is -2.39. The highest BCUT2D eigenvalue weighted by molar-refractivity contribution is 5.99. The molecule has 1 aromatic heterocycles. The number of nitrogens with one attached hydrogen (secondary N) is 1. The van der Waals surface area contributed by atoms with Gasteiger partial charge >= 0.3 is 12.6 Å². The number of amides is 2. The molecule has 0 spiro atoms. The van der Waals surface area contributed by atoms with Crippen molar-refractivity contribution in [2.45, 2.75) is 51.5 Å². The van der Waals surface area contributed by atoms with Gasteiger partial charge in [-0.25, -0.2) is 4.39 Å². The summed E-state index contributed by atoms with van der Waals surface area (Å²) in [6, 6.07) is 0.436. The molecule has 14 heteroatoms. The van der Waals surface area contributed by atoms with Gasteiger partial charge in [0, 0.05) is 23.3 Å². The van der Waals surface area contributed by atoms with E-state index in [-0.39, 0.29) is 42.9 Å². The largest absolute Gasteiger partial charge is 0.415 e. The number of aromatic nitrogens is 2. The maximum absolute atomic E-state index is 14.9. The van der Waals surface area contributed by atoms with E-state index in [9.17, 15) is 35.9 Å². The number of alkyl halides is 5. The molecule has 35 heavy (non-hydrogen) atoms. The van der Waals surface area contributed by atoms with Gasteiger partial charge in [-0.2, -0.15) is 22.0 Å². The Morgan fingerprint density at radius 2 is 1.94 bits per heavy atom. The molecule has 2 aliphatic heterocycles. The average molecular weight is 506 g/mol. The minimum absolute atomic E-state index is 0.00128. The standard InChI is InChI=1S/C21H20F6N4O4/c1-20(2,21(25,26)27)19(33)28-13-3-4-34-8-14(13)31-7-11-10(18(31)32)5-9(6-12(11)22)16-29-30-17(35-16)15(23)24/h5-6,13-15H,3-4,7-8H2,1-2H3,(H,28,33)/t13-,14-/m1/s1. The van der Waals surface area contributed by atoms with Gasteiger partial charge in [0.2, 0.25) is 11.8 Å². The van der Waals surface area contributed by atoms with Gasteiger partial charge in [-0.1, -0.05) is 0 Å². The number of rotatable bonds is 5. The Kier molecular flexibility index (Phi) is 6.28. The van der Waals surface area contributed by atoms with Gasteiger partial charge in [-0.05, 0) is 32.4 Å². The minimum atomic E-state index is -4.80. The third-order valence-electron chi connectivity index (χ3n) is 6.21. The van der Waals surface area contributed by atoms with E-state index in [0.29, 0.717) is 0 Å². The molecular weight excluding hydrogens is 486 g/mol. The molecule has 2 aliphatic rings. The first-order valence-corrected chi connectivity index (χ1v) is 10.5. The second kappa shape index (κ2) is 8.81. The number of nitrogens with zero attached hydrogens (tertiary/aromatic N) is 3. The SMILES string of the molecule is CC(C)(C(=O)N[C@@H]1CCOC[C@H]1N1Cc2c(F)cc(-c3nnc(C(F)F)o3)cc2C1=O)C(F)(F)F. The van der Waals surface area contributed by atoms with E-state index < -0.39 is 59.5 Å². The molecule has 2 amide bonds. The highest BCUT2D eigenvalue weighted by Gasteiger charge is 2.54. The first kappa shape index (κ1) is 24.9. The lowest BCUT2D eigenvalue weighted by molar-refractivity contribution is -0.212. The molecule has 4 rings (SSSR count). The second-order valence-corrected chi connectivity index (χ2v) is 8.80. The first-order valence-electron chi connectivity index (χ1n) is 10.5. The summed E-state index contributed by atoms with van der Waals surface area (Å²) in [5, 5.41) is 9.00. The predicted molar refractivity (Wildman–Crippen MR) is 106 cm³/mol. The Labute approximate surface area is 194 Å². The van der Waals surface area contributed by atoms with Crippen LogP contribution in [0, 0.1) is 11.2 Å². The van der Waals surface area contributed by atoms with E-state index in [0.717, 1.165) is 19.9 Å². The maximum atomic E-state index is 14.9. The van der Waals surface area contributed by atoms with Gasteiger partial charge in [-0.15, -0.1) is 10.2 Å². The molecule has 1 aromatic carbocycles. The molecule has 2 aromatic rings. The summed E-state index contributed by atoms with van der Waals surface area (Å²) in [7, 11) is 0. The van der Waals surface area contributed by atoms with E-state index in [1.807, 2.05) is 0 Å². The summed E-state index contributed by atoms with van der Waals surface area (Å²) in [5.41, 5.74) is -2.86. The summed E-state index contributed by atoms with van der Waals surface area (Å²) >= 11 is 0. The molecule has 1 saturated heterocycles. The molecule has 0 radical (unpaired) electrons. The summed E-state index contributed by atoms with van der Waals surface area (Å²) < 4.78 is 90.5. The fraction of sp³-hybridized carbons (Fsp3) is 0.524. The van der Waals surface area contributed by atoms with Gasteiger partial charge in [-0.3, -0.25) is 9.59 Å². The smallest absolute Gasteiger partial charge is 0.402 e. The van der Waals surface area contributed by atoms with E-state index in [4.69, 9.17) is 9.15 Å². The van der Waals surface area contributed by atoms with Crippen LogP contribution in [-0.2, 0) is 16.1 Å². The van der Waals surface area contributed by atoms with Crippen molar-refractivity contribution in [2.75, 3.05) is 13.2 Å². The van der Waals surface area contributed by atoms with Crippen molar-refractivity contribution in [3.8, 4) is 11.5 Å². The number of fused-ring (bicyclic) bond motifs is 1. The summed E-state index contributed by atoms with van der Waals surface area (Å²) in [5.74, 6) is -4.13. The molecule has 0 saturated carbocycles. The van der Waals surface area contributed by atoms with Gasteiger partial charge < -0.3 is 19.4 Å². The van der Waals surface area contributed by atoms with Crippen LogP contribution in [-0.4, -0.2) is 58.4 Å². The summed E-state index contributed by atoms with van der Waals surface area (Å²) in [6.07, 6.45) is -7.69. The van der Waals surface area contributed by atoms with Crippen LogP contribution in [0.4, 0.5) is 26.3 Å². The predicted octanol–water partition coefficient (Wildman–Crippen LogP) is 3.63. The molecule has 0 unspecified atom stereocenters. The van der Waals surface area contributed by atoms with E-state index in [1.54, 1.807) is 0 Å². The van der Waals surface area contributed by atoms with Gasteiger partial charge in [0.05, 0.1) is 25.2 Å². The topological polar surface area (TPSA) is 97.6 Å². The van der Waals surface area contributed by atoms with Crippen LogP contribution in [0.3, 0.4) is 0 Å². The van der Waals surface area contributed by atoms with E-state index >= 15 is 0 Å². The van der Waals surface area contributed by atoms with Crippen LogP contribution in [0.25, 0.3) is 11.5 Å². The number of benzene rings is 1. The molecule has 8 nitrogen and oxygen atoms in total. The summed E-state index contributed by atoms with van der Waals surface area (Å²) in [6.45, 7) is 1.33. The molecule has 1 fully saturated rings. The molecule has 0 aliphatic carbocycles. The summed E-state index contributed by atoms with van der Waals surface area (Å²) in [4.78, 5) is 26.8. The molecular formula is C21H20F6N4O4. The minimum Gasteiger partial charge on any atom is -0.415 e. The van der Waals surface area contributed by atoms with Crippen LogP contribution in [0.15, 0.2) is 16.5 Å². The fourth-order valence-corrected chi connectivity index (χ4v) is 3.89. The van der Waals surface area contributed by atoms with Crippen molar-refractivity contribution in [1.82, 2.24) is 20.4 Å². The van der Waals surface area contributed by atoms with Crippen molar-refractivity contribution in [3.63, 3.8) is 0 Å². The van der Waals surface area contributed by atoms with Crippen LogP contribution < -0.4 is 5.32 Å². The molecule has 0 bridgehead atoms. The highest BCUT2D eigenvalue weighted by Crippen LogP contribution is 2.38. The Balaban J connectivity index is 1.58. The van der Waals surface area contributed by atoms with Crippen LogP contribution in [0.1, 0.15) is 48.5 Å². The van der Waals surface area contributed by atoms with Crippen molar-refractivity contribution in [2.24, 2.45) is 5.41 Å². The van der Waals surface area contributed by atoms with Crippen LogP contribution >= 0.6 is 0 Å². The Morgan fingerprint density at radius 3 is 2.57 bits per heavy atom. The number of carbonyl (C=O) groups excluding carboxylic acids is 2. The highest BCUT2D eigenvalue weighted by atomic mass is 19.4. The Morgan fingerprint density at radius 1 is 1.23 bits per heavy atom. The normalized spacial score (nSPS) is 20.9. The molecule has 1 N–H and O–H groups in total. The molecule has 2 atom stereocenters. The van der Waals surface area contributed by atoms with E-state index in [2.05, 4.69) is 15.5 Å². The zero-order chi connectivity index (χ0) is 25.7. The third kappa shape index (κ3) is 4.46. The number of hydrogen-bond donors (Lipinski definition) is 1. The zero-order valence-electron chi connectivity index (χ0n) is 18.5. The van der Waals surface area contributed by atoms with Crippen molar-refractivity contribution in [3.05, 3.63) is 35.0 Å². The van der Waals surface area contributed by atoms with Crippen molar-refractivity contribution >= 4 is 11.8 Å². The lowest BCUT2D eigenvalue weighted by Crippen LogP contribution is -2.59. The quantitative estimate of drug-likeness (QED) is 0.623. The fourth-order valence-electron chi connectivity index (χ4n) is 3.89. The Bertz CT molecular complexity index is 1150. The second-order valence-electron chi connectivity index (χ2n) is 8.80. The van der Waals surface area contributed by atoms with Crippen LogP contribution in [0.2, 0.25) is 0 Å². The third-order valence-corrected chi connectivity index (χ3v) is 6.21. The first-order chi connectivity index (χ1) is 16.3.